The van der Waals surface area contributed by atoms with E-state index in [0.717, 1.165) is 0 Å². The van der Waals surface area contributed by atoms with Gasteiger partial charge in [-0.3, -0.25) is 0 Å². The smallest absolute Gasteiger partial charge is 0.0989 e. The first-order valence-electron chi connectivity index (χ1n) is 3.03. The number of nitrogens with zero attached hydrogens (tertiary/aromatic N) is 6. The molecular formula is C4H8N6O2. The van der Waals surface area contributed by atoms with Crippen molar-refractivity contribution < 1.29 is 10.2 Å². The van der Waals surface area contributed by atoms with Crippen LogP contribution in [0.3, 0.4) is 0 Å². The Kier molecular flexibility index (Phi) is 4.59. The minimum atomic E-state index is -1.64. The van der Waals surface area contributed by atoms with E-state index in [1.54, 1.807) is 0 Å². The third kappa shape index (κ3) is 3.65. The summed E-state index contributed by atoms with van der Waals surface area (Å²) < 4.78 is 0. The van der Waals surface area contributed by atoms with Crippen LogP contribution in [0, 0.1) is 0 Å². The molecule has 8 nitrogen and oxygen atoms in total. The highest BCUT2D eigenvalue weighted by atomic mass is 16.3. The largest absolute Gasteiger partial charge is 0.393 e. The summed E-state index contributed by atoms with van der Waals surface area (Å²) in [5, 5.41) is 24.0. The van der Waals surface area contributed by atoms with Crippen molar-refractivity contribution in [1.29, 1.82) is 0 Å². The van der Waals surface area contributed by atoms with Gasteiger partial charge in [-0.25, -0.2) is 0 Å². The molecule has 0 amide bonds. The molecule has 2 N–H and O–H groups in total. The molecular weight excluding hydrogens is 164 g/mol. The van der Waals surface area contributed by atoms with Crippen molar-refractivity contribution in [2.24, 2.45) is 10.2 Å². The van der Waals surface area contributed by atoms with Crippen LogP contribution in [0.2, 0.25) is 0 Å². The third-order valence-corrected chi connectivity index (χ3v) is 1.15. The Bertz CT molecular complexity index is 208. The Morgan fingerprint density at radius 3 is 1.83 bits per heavy atom. The molecule has 8 heteroatoms. The molecule has 0 rings (SSSR count). The van der Waals surface area contributed by atoms with Crippen LogP contribution >= 0.6 is 0 Å². The quantitative estimate of drug-likeness (QED) is 0.350. The predicted octanol–water partition coefficient (Wildman–Crippen LogP) is 0.330. The van der Waals surface area contributed by atoms with Crippen LogP contribution in [0.4, 0.5) is 0 Å². The van der Waals surface area contributed by atoms with E-state index in [9.17, 15) is 5.11 Å². The van der Waals surface area contributed by atoms with Crippen molar-refractivity contribution in [3.8, 4) is 0 Å². The first-order valence-corrected chi connectivity index (χ1v) is 3.03. The second-order valence-electron chi connectivity index (χ2n) is 2.16. The van der Waals surface area contributed by atoms with Gasteiger partial charge in [-0.2, -0.15) is 0 Å². The summed E-state index contributed by atoms with van der Waals surface area (Å²) >= 11 is 0. The molecule has 12 heavy (non-hydrogen) atoms. The molecule has 0 saturated carbocycles. The number of azide groups is 2. The molecule has 0 heterocycles. The molecule has 0 bridgehead atoms. The molecule has 0 aliphatic heterocycles. The van der Waals surface area contributed by atoms with Gasteiger partial charge in [0.25, 0.3) is 0 Å². The normalized spacial score (nSPS) is 13.8. The lowest BCUT2D eigenvalue weighted by atomic mass is 10.1. The molecule has 0 aromatic carbocycles. The van der Waals surface area contributed by atoms with Crippen molar-refractivity contribution >= 4 is 0 Å². The van der Waals surface area contributed by atoms with Crippen LogP contribution in [0.5, 0.6) is 0 Å². The molecule has 0 atom stereocenters. The Morgan fingerprint density at radius 1 is 1.17 bits per heavy atom. The molecule has 0 aliphatic carbocycles. The first kappa shape index (κ1) is 10.5. The minimum Gasteiger partial charge on any atom is -0.393 e. The average molecular weight is 172 g/mol. The van der Waals surface area contributed by atoms with Gasteiger partial charge in [-0.05, 0) is 11.1 Å². The van der Waals surface area contributed by atoms with Crippen molar-refractivity contribution in [1.82, 2.24) is 0 Å². The van der Waals surface area contributed by atoms with Crippen LogP contribution in [0.1, 0.15) is 0 Å². The lowest BCUT2D eigenvalue weighted by Crippen LogP contribution is -2.39. The van der Waals surface area contributed by atoms with E-state index in [2.05, 4.69) is 20.1 Å². The van der Waals surface area contributed by atoms with E-state index >= 15 is 0 Å². The Balaban J connectivity index is 4.21. The summed E-state index contributed by atoms with van der Waals surface area (Å²) in [4.78, 5) is 4.79. The van der Waals surface area contributed by atoms with Gasteiger partial charge < -0.3 is 10.2 Å². The number of aliphatic hydroxyl groups is 2. The van der Waals surface area contributed by atoms with Crippen LogP contribution in [-0.2, 0) is 0 Å². The lowest BCUT2D eigenvalue weighted by molar-refractivity contribution is 0.00150. The molecule has 0 fully saturated rings. The Labute approximate surface area is 67.7 Å². The number of hydrogen-bond donors (Lipinski definition) is 2. The molecule has 0 spiro atoms. The molecule has 0 aromatic heterocycles. The van der Waals surface area contributed by atoms with Gasteiger partial charge in [0, 0.05) is 9.82 Å². The average Bonchev–Trinajstić information content (AvgIpc) is 2.11. The van der Waals surface area contributed by atoms with E-state index in [4.69, 9.17) is 16.2 Å². The zero-order valence-corrected chi connectivity index (χ0v) is 6.20. The second-order valence-corrected chi connectivity index (χ2v) is 2.16. The van der Waals surface area contributed by atoms with Crippen molar-refractivity contribution in [2.75, 3.05) is 19.7 Å². The van der Waals surface area contributed by atoms with Gasteiger partial charge in [0.15, 0.2) is 0 Å². The van der Waals surface area contributed by atoms with Crippen LogP contribution < -0.4 is 0 Å². The fraction of sp³-hybridized carbons (Fsp3) is 1.00. The van der Waals surface area contributed by atoms with Gasteiger partial charge in [-0.15, -0.1) is 0 Å². The summed E-state index contributed by atoms with van der Waals surface area (Å²) in [7, 11) is 0. The zero-order valence-electron chi connectivity index (χ0n) is 6.20. The Morgan fingerprint density at radius 2 is 1.58 bits per heavy atom. The van der Waals surface area contributed by atoms with Gasteiger partial charge in [0.2, 0.25) is 0 Å². The minimum absolute atomic E-state index is 0.320. The van der Waals surface area contributed by atoms with Crippen molar-refractivity contribution in [3.05, 3.63) is 20.9 Å². The maximum absolute atomic E-state index is 9.30. The summed E-state index contributed by atoms with van der Waals surface area (Å²) in [6.45, 7) is -1.26. The molecule has 0 saturated heterocycles. The first-order chi connectivity index (χ1) is 5.68. The maximum atomic E-state index is 9.30. The predicted molar refractivity (Wildman–Crippen MR) is 40.1 cm³/mol. The van der Waals surface area contributed by atoms with Crippen LogP contribution in [0.15, 0.2) is 10.2 Å². The second kappa shape index (κ2) is 5.22. The van der Waals surface area contributed by atoms with E-state index < -0.39 is 12.2 Å². The summed E-state index contributed by atoms with van der Waals surface area (Å²) in [5.74, 6) is 0. The fourth-order valence-electron chi connectivity index (χ4n) is 0.476. The van der Waals surface area contributed by atoms with E-state index in [1.165, 1.54) is 0 Å². The summed E-state index contributed by atoms with van der Waals surface area (Å²) in [5.41, 5.74) is 14.2. The maximum Gasteiger partial charge on any atom is 0.0989 e. The standard InChI is InChI=1S/C4H8N6O2/c5-9-7-1-4(12,3-11)2-8-10-6/h11-12H,1-3H2. The van der Waals surface area contributed by atoms with Crippen LogP contribution in [-0.4, -0.2) is 35.5 Å². The molecule has 0 unspecified atom stereocenters. The number of rotatable bonds is 5. The summed E-state index contributed by atoms with van der Waals surface area (Å²) in [6.07, 6.45) is 0. The SMILES string of the molecule is [N-]=[N+]=NCC(O)(CO)CN=[N+]=[N-]. The fourth-order valence-corrected chi connectivity index (χ4v) is 0.476. The lowest BCUT2D eigenvalue weighted by Gasteiger charge is -2.20. The topological polar surface area (TPSA) is 138 Å². The van der Waals surface area contributed by atoms with E-state index in [1.807, 2.05) is 0 Å². The molecule has 0 aromatic rings. The van der Waals surface area contributed by atoms with Gasteiger partial charge in [-0.1, -0.05) is 10.2 Å². The van der Waals surface area contributed by atoms with Crippen molar-refractivity contribution in [2.45, 2.75) is 5.60 Å². The monoisotopic (exact) mass is 172 g/mol. The van der Waals surface area contributed by atoms with Crippen molar-refractivity contribution in [3.63, 3.8) is 0 Å². The van der Waals surface area contributed by atoms with Crippen LogP contribution in [0.25, 0.3) is 20.9 Å². The zero-order chi connectivity index (χ0) is 9.45. The molecule has 0 radical (unpaired) electrons. The van der Waals surface area contributed by atoms with E-state index in [0.29, 0.717) is 0 Å². The number of hydrogen-bond acceptors (Lipinski definition) is 4. The van der Waals surface area contributed by atoms with Gasteiger partial charge in [0.1, 0.15) is 0 Å². The third-order valence-electron chi connectivity index (χ3n) is 1.15. The van der Waals surface area contributed by atoms with Gasteiger partial charge in [0.05, 0.1) is 25.3 Å². The number of aliphatic hydroxyl groups excluding tert-OH is 1. The highest BCUT2D eigenvalue weighted by molar-refractivity contribution is 4.82. The molecule has 0 aliphatic rings. The highest BCUT2D eigenvalue weighted by Crippen LogP contribution is 2.04. The Hall–Kier alpha value is -1.46. The molecule has 66 valence electrons. The summed E-state index contributed by atoms with van der Waals surface area (Å²) in [6, 6.07) is 0. The van der Waals surface area contributed by atoms with Gasteiger partial charge >= 0.3 is 0 Å². The highest BCUT2D eigenvalue weighted by Gasteiger charge is 2.23. The van der Waals surface area contributed by atoms with E-state index in [-0.39, 0.29) is 13.1 Å².